The molecule has 0 radical (unpaired) electrons. The monoisotopic (exact) mass is 376 g/mol. The lowest BCUT2D eigenvalue weighted by atomic mass is 9.75. The molecule has 0 saturated carbocycles. The first-order valence-corrected chi connectivity index (χ1v) is 10.1. The maximum atomic E-state index is 4.43. The van der Waals surface area contributed by atoms with E-state index >= 15 is 0 Å². The first-order valence-electron chi connectivity index (χ1n) is 10.1. The van der Waals surface area contributed by atoms with Gasteiger partial charge in [0.2, 0.25) is 0 Å². The fraction of sp³-hybridized carbons (Fsp3) is 0.417. The van der Waals surface area contributed by atoms with Gasteiger partial charge in [-0.2, -0.15) is 0 Å². The molecule has 0 atom stereocenters. The number of nitrogens with zero attached hydrogens (tertiary/aromatic N) is 4. The van der Waals surface area contributed by atoms with Crippen molar-refractivity contribution < 1.29 is 0 Å². The first kappa shape index (κ1) is 20.1. The molecule has 3 aromatic heterocycles. The van der Waals surface area contributed by atoms with E-state index < -0.39 is 0 Å². The zero-order chi connectivity index (χ0) is 20.2. The Kier molecular flexibility index (Phi) is 5.87. The van der Waals surface area contributed by atoms with E-state index in [1.807, 2.05) is 42.5 Å². The lowest BCUT2D eigenvalue weighted by Gasteiger charge is -2.31. The Labute approximate surface area is 168 Å². The molecule has 0 aliphatic carbocycles. The summed E-state index contributed by atoms with van der Waals surface area (Å²) in [5.74, 6) is 0. The molecule has 0 aliphatic heterocycles. The lowest BCUT2D eigenvalue weighted by molar-refractivity contribution is 0.287. The summed E-state index contributed by atoms with van der Waals surface area (Å²) in [6.07, 6.45) is 19.5. The van der Waals surface area contributed by atoms with Crippen molar-refractivity contribution in [1.82, 2.24) is 18.9 Å². The van der Waals surface area contributed by atoms with Gasteiger partial charge < -0.3 is 8.97 Å². The van der Waals surface area contributed by atoms with Gasteiger partial charge in [-0.05, 0) is 49.8 Å². The van der Waals surface area contributed by atoms with Crippen LogP contribution in [0.5, 0.6) is 0 Å². The van der Waals surface area contributed by atoms with Gasteiger partial charge in [0.25, 0.3) is 0 Å². The zero-order valence-electron chi connectivity index (χ0n) is 17.8. The van der Waals surface area contributed by atoms with Crippen molar-refractivity contribution in [3.63, 3.8) is 0 Å². The van der Waals surface area contributed by atoms with Crippen LogP contribution in [0.3, 0.4) is 0 Å². The molecule has 3 aromatic rings. The summed E-state index contributed by atoms with van der Waals surface area (Å²) in [4.78, 5) is 8.66. The van der Waals surface area contributed by atoms with Gasteiger partial charge >= 0.3 is 0 Å². The summed E-state index contributed by atoms with van der Waals surface area (Å²) in [6, 6.07) is 6.40. The van der Waals surface area contributed by atoms with Gasteiger partial charge in [-0.3, -0.25) is 0 Å². The maximum Gasteiger partial charge on any atom is 0.136 e. The molecule has 0 fully saturated rings. The van der Waals surface area contributed by atoms with Crippen LogP contribution in [0.15, 0.2) is 55.3 Å². The highest BCUT2D eigenvalue weighted by Crippen LogP contribution is 2.36. The molecule has 0 amide bonds. The fourth-order valence-electron chi connectivity index (χ4n) is 3.61. The average Bonchev–Trinajstić information content (AvgIpc) is 3.29. The number of rotatable bonds is 8. The van der Waals surface area contributed by atoms with Crippen molar-refractivity contribution in [1.29, 1.82) is 0 Å². The quantitative estimate of drug-likeness (QED) is 0.468. The maximum absolute atomic E-state index is 4.43. The molecular weight excluding hydrogens is 344 g/mol. The van der Waals surface area contributed by atoms with Crippen molar-refractivity contribution in [2.45, 2.75) is 59.3 Å². The molecule has 3 heterocycles. The molecule has 0 spiro atoms. The molecule has 4 heteroatoms. The van der Waals surface area contributed by atoms with Crippen LogP contribution in [-0.2, 0) is 5.41 Å². The lowest BCUT2D eigenvalue weighted by Crippen LogP contribution is -2.24. The SMILES string of the molecule is C/C=C\n1cncc1/C=C\CC(C)(C)CCC(C)(C)c1cccc2nccn12. The largest absolute Gasteiger partial charge is 0.307 e. The molecule has 0 saturated heterocycles. The van der Waals surface area contributed by atoms with E-state index in [9.17, 15) is 0 Å². The third kappa shape index (κ3) is 4.61. The van der Waals surface area contributed by atoms with Gasteiger partial charge in [-0.15, -0.1) is 0 Å². The van der Waals surface area contributed by atoms with Gasteiger partial charge in [-0.1, -0.05) is 45.9 Å². The number of hydrogen-bond acceptors (Lipinski definition) is 2. The molecule has 0 aliphatic rings. The summed E-state index contributed by atoms with van der Waals surface area (Å²) >= 11 is 0. The Morgan fingerprint density at radius 1 is 1.11 bits per heavy atom. The molecule has 0 bridgehead atoms. The minimum absolute atomic E-state index is 0.0890. The van der Waals surface area contributed by atoms with E-state index in [4.69, 9.17) is 0 Å². The number of fused-ring (bicyclic) bond motifs is 1. The zero-order valence-corrected chi connectivity index (χ0v) is 17.8. The number of hydrogen-bond donors (Lipinski definition) is 0. The number of allylic oxidation sites excluding steroid dienone is 2. The van der Waals surface area contributed by atoms with Crippen molar-refractivity contribution in [3.05, 3.63) is 66.7 Å². The van der Waals surface area contributed by atoms with Crippen molar-refractivity contribution in [3.8, 4) is 0 Å². The van der Waals surface area contributed by atoms with E-state index in [1.54, 1.807) is 0 Å². The van der Waals surface area contributed by atoms with Gasteiger partial charge in [0, 0.05) is 29.7 Å². The highest BCUT2D eigenvalue weighted by Gasteiger charge is 2.27. The fourth-order valence-corrected chi connectivity index (χ4v) is 3.61. The minimum atomic E-state index is 0.0890. The third-order valence-electron chi connectivity index (χ3n) is 5.51. The number of pyridine rings is 1. The highest BCUT2D eigenvalue weighted by molar-refractivity contribution is 5.48. The number of imidazole rings is 2. The molecule has 0 N–H and O–H groups in total. The second kappa shape index (κ2) is 8.17. The van der Waals surface area contributed by atoms with Crippen molar-refractivity contribution >= 4 is 17.9 Å². The third-order valence-corrected chi connectivity index (χ3v) is 5.51. The van der Waals surface area contributed by atoms with Crippen LogP contribution in [-0.4, -0.2) is 18.9 Å². The topological polar surface area (TPSA) is 35.1 Å². The smallest absolute Gasteiger partial charge is 0.136 e. The van der Waals surface area contributed by atoms with Gasteiger partial charge in [-0.25, -0.2) is 9.97 Å². The average molecular weight is 377 g/mol. The van der Waals surface area contributed by atoms with Crippen LogP contribution >= 0.6 is 0 Å². The molecule has 0 unspecified atom stereocenters. The van der Waals surface area contributed by atoms with E-state index in [0.717, 1.165) is 30.6 Å². The van der Waals surface area contributed by atoms with E-state index in [-0.39, 0.29) is 10.8 Å². The Balaban J connectivity index is 1.64. The van der Waals surface area contributed by atoms with Crippen LogP contribution in [0.1, 0.15) is 65.3 Å². The van der Waals surface area contributed by atoms with E-state index in [1.165, 1.54) is 5.69 Å². The molecule has 28 heavy (non-hydrogen) atoms. The number of aromatic nitrogens is 4. The summed E-state index contributed by atoms with van der Waals surface area (Å²) in [5.41, 5.74) is 3.78. The summed E-state index contributed by atoms with van der Waals surface area (Å²) in [7, 11) is 0. The predicted molar refractivity (Wildman–Crippen MR) is 118 cm³/mol. The molecular formula is C24H32N4. The molecule has 4 nitrogen and oxygen atoms in total. The second-order valence-electron chi connectivity index (χ2n) is 8.93. The molecule has 148 valence electrons. The predicted octanol–water partition coefficient (Wildman–Crippen LogP) is 6.21. The minimum Gasteiger partial charge on any atom is -0.307 e. The standard InChI is InChI=1S/C24H32N4/c1-6-16-27-19-25-18-20(27)9-8-12-23(2,3)13-14-24(4,5)21-10-7-11-22-26-15-17-28(21)22/h6-11,15-19H,12-14H2,1-5H3/b9-8-,16-6-. The van der Waals surface area contributed by atoms with Crippen LogP contribution < -0.4 is 0 Å². The van der Waals surface area contributed by atoms with Gasteiger partial charge in [0.05, 0.1) is 18.2 Å². The highest BCUT2D eigenvalue weighted by atomic mass is 15.0. The second-order valence-corrected chi connectivity index (χ2v) is 8.93. The van der Waals surface area contributed by atoms with Crippen LogP contribution in [0.2, 0.25) is 0 Å². The Bertz CT molecular complexity index is 969. The summed E-state index contributed by atoms with van der Waals surface area (Å²) < 4.78 is 4.26. The Morgan fingerprint density at radius 3 is 2.71 bits per heavy atom. The van der Waals surface area contributed by atoms with Crippen molar-refractivity contribution in [2.75, 3.05) is 0 Å². The molecule has 3 rings (SSSR count). The van der Waals surface area contributed by atoms with Crippen LogP contribution in [0.4, 0.5) is 0 Å². The first-order chi connectivity index (χ1) is 13.3. The Hall–Kier alpha value is -2.62. The van der Waals surface area contributed by atoms with Crippen LogP contribution in [0, 0.1) is 5.41 Å². The normalized spacial score (nSPS) is 13.3. The summed E-state index contributed by atoms with van der Waals surface area (Å²) in [6.45, 7) is 11.4. The Morgan fingerprint density at radius 2 is 1.93 bits per heavy atom. The summed E-state index contributed by atoms with van der Waals surface area (Å²) in [5, 5.41) is 0. The molecule has 0 aromatic carbocycles. The van der Waals surface area contributed by atoms with E-state index in [2.05, 4.69) is 78.6 Å². The van der Waals surface area contributed by atoms with Crippen molar-refractivity contribution in [2.24, 2.45) is 5.41 Å². The van der Waals surface area contributed by atoms with E-state index in [0.29, 0.717) is 0 Å². The van der Waals surface area contributed by atoms with Gasteiger partial charge in [0.1, 0.15) is 5.65 Å². The van der Waals surface area contributed by atoms with Crippen LogP contribution in [0.25, 0.3) is 17.9 Å². The van der Waals surface area contributed by atoms with Gasteiger partial charge in [0.15, 0.2) is 0 Å².